The summed E-state index contributed by atoms with van der Waals surface area (Å²) in [5.41, 5.74) is 0.279. The Bertz CT molecular complexity index is 1180. The smallest absolute Gasteiger partial charge is 0.244 e. The van der Waals surface area contributed by atoms with Crippen LogP contribution in [-0.2, 0) is 26.2 Å². The van der Waals surface area contributed by atoms with Gasteiger partial charge in [-0.2, -0.15) is 0 Å². The van der Waals surface area contributed by atoms with E-state index in [2.05, 4.69) is 5.32 Å². The number of carbonyl (C=O) groups is 2. The Kier molecular flexibility index (Phi) is 9.44. The first-order valence-corrected chi connectivity index (χ1v) is 13.4. The van der Waals surface area contributed by atoms with Gasteiger partial charge in [0.1, 0.15) is 18.3 Å². The summed E-state index contributed by atoms with van der Waals surface area (Å²) < 4.78 is 31.7. The molecular weight excluding hydrogens is 513 g/mol. The summed E-state index contributed by atoms with van der Waals surface area (Å²) in [5, 5.41) is 3.61. The Labute approximate surface area is 217 Å². The number of nitrogens with one attached hydrogen (secondary N) is 1. The van der Waals surface area contributed by atoms with Gasteiger partial charge in [-0.15, -0.1) is 0 Å². The molecule has 1 N–H and O–H groups in total. The van der Waals surface area contributed by atoms with Gasteiger partial charge in [-0.3, -0.25) is 13.9 Å². The zero-order valence-corrected chi connectivity index (χ0v) is 23.0. The Morgan fingerprint density at radius 2 is 1.71 bits per heavy atom. The molecule has 0 bridgehead atoms. The second-order valence-corrected chi connectivity index (χ2v) is 11.9. The molecule has 0 aliphatic rings. The minimum Gasteiger partial charge on any atom is -0.495 e. The first-order valence-electron chi connectivity index (χ1n) is 10.8. The normalized spacial score (nSPS) is 12.6. The maximum Gasteiger partial charge on any atom is 0.244 e. The standard InChI is InChI=1S/C24H31Cl2N3O5S/c1-16(23(31)27-24(2,3)4)28(14-17-8-7-9-18(25)12-17)22(30)15-29(35(6,32)33)20-13-19(26)10-11-21(20)34-5/h7-13,16H,14-15H2,1-6H3,(H,27,31)/t16-/m1/s1. The molecule has 0 aliphatic heterocycles. The monoisotopic (exact) mass is 543 g/mol. The van der Waals surface area contributed by atoms with E-state index in [-0.39, 0.29) is 28.9 Å². The number of nitrogens with zero attached hydrogens (tertiary/aromatic N) is 2. The summed E-state index contributed by atoms with van der Waals surface area (Å²) in [5.74, 6) is -0.736. The van der Waals surface area contributed by atoms with Crippen LogP contribution in [-0.4, -0.2) is 56.6 Å². The predicted octanol–water partition coefficient (Wildman–Crippen LogP) is 4.10. The van der Waals surface area contributed by atoms with Gasteiger partial charge in [0.15, 0.2) is 0 Å². The summed E-state index contributed by atoms with van der Waals surface area (Å²) in [7, 11) is -2.54. The fraction of sp³-hybridized carbons (Fsp3) is 0.417. The van der Waals surface area contributed by atoms with Gasteiger partial charge >= 0.3 is 0 Å². The molecule has 2 amide bonds. The van der Waals surface area contributed by atoms with E-state index in [9.17, 15) is 18.0 Å². The van der Waals surface area contributed by atoms with Crippen LogP contribution in [0.3, 0.4) is 0 Å². The average Bonchev–Trinajstić information content (AvgIpc) is 2.73. The first-order chi connectivity index (χ1) is 16.1. The number of anilines is 1. The predicted molar refractivity (Wildman–Crippen MR) is 140 cm³/mol. The van der Waals surface area contributed by atoms with E-state index >= 15 is 0 Å². The molecule has 2 rings (SSSR count). The van der Waals surface area contributed by atoms with Crippen molar-refractivity contribution < 1.29 is 22.7 Å². The third-order valence-electron chi connectivity index (χ3n) is 5.00. The Morgan fingerprint density at radius 3 is 2.26 bits per heavy atom. The van der Waals surface area contributed by atoms with Gasteiger partial charge < -0.3 is 15.0 Å². The van der Waals surface area contributed by atoms with Crippen LogP contribution in [0.4, 0.5) is 5.69 Å². The number of benzene rings is 2. The number of amides is 2. The average molecular weight is 545 g/mol. The molecule has 0 saturated heterocycles. The Balaban J connectivity index is 2.48. The third-order valence-corrected chi connectivity index (χ3v) is 6.59. The molecule has 0 heterocycles. The van der Waals surface area contributed by atoms with Gasteiger partial charge in [-0.05, 0) is 63.6 Å². The van der Waals surface area contributed by atoms with Gasteiger partial charge in [0.2, 0.25) is 21.8 Å². The molecule has 0 radical (unpaired) electrons. The summed E-state index contributed by atoms with van der Waals surface area (Å²) in [6.45, 7) is 6.56. The third kappa shape index (κ3) is 8.30. The van der Waals surface area contributed by atoms with Crippen LogP contribution >= 0.6 is 23.2 Å². The molecule has 0 spiro atoms. The van der Waals surface area contributed by atoms with Gasteiger partial charge in [0.25, 0.3) is 0 Å². The zero-order chi connectivity index (χ0) is 26.6. The van der Waals surface area contributed by atoms with Crippen LogP contribution in [0.2, 0.25) is 10.0 Å². The van der Waals surface area contributed by atoms with Gasteiger partial charge in [0, 0.05) is 22.1 Å². The number of rotatable bonds is 9. The number of ether oxygens (including phenoxy) is 1. The lowest BCUT2D eigenvalue weighted by Gasteiger charge is -2.33. The van der Waals surface area contributed by atoms with Crippen LogP contribution in [0.5, 0.6) is 5.75 Å². The van der Waals surface area contributed by atoms with Crippen molar-refractivity contribution in [2.75, 3.05) is 24.2 Å². The number of carbonyl (C=O) groups excluding carboxylic acids is 2. The number of sulfonamides is 1. The summed E-state index contributed by atoms with van der Waals surface area (Å²) in [6.07, 6.45) is 0.984. The van der Waals surface area contributed by atoms with Crippen LogP contribution in [0.25, 0.3) is 0 Å². The van der Waals surface area contributed by atoms with Crippen molar-refractivity contribution in [1.29, 1.82) is 0 Å². The van der Waals surface area contributed by atoms with E-state index in [1.165, 1.54) is 24.1 Å². The molecular formula is C24H31Cl2N3O5S. The Hall–Kier alpha value is -2.49. The van der Waals surface area contributed by atoms with E-state index in [0.717, 1.165) is 10.6 Å². The lowest BCUT2D eigenvalue weighted by molar-refractivity contribution is -0.140. The van der Waals surface area contributed by atoms with Crippen molar-refractivity contribution in [2.24, 2.45) is 0 Å². The second-order valence-electron chi connectivity index (χ2n) is 9.15. The van der Waals surface area contributed by atoms with Gasteiger partial charge in [0.05, 0.1) is 19.1 Å². The van der Waals surface area contributed by atoms with E-state index in [1.54, 1.807) is 37.3 Å². The summed E-state index contributed by atoms with van der Waals surface area (Å²) in [6, 6.07) is 10.5. The fourth-order valence-electron chi connectivity index (χ4n) is 3.34. The van der Waals surface area contributed by atoms with Crippen LogP contribution in [0.15, 0.2) is 42.5 Å². The molecule has 8 nitrogen and oxygen atoms in total. The maximum atomic E-state index is 13.6. The highest BCUT2D eigenvalue weighted by molar-refractivity contribution is 7.92. The minimum absolute atomic E-state index is 0.0441. The zero-order valence-electron chi connectivity index (χ0n) is 20.6. The van der Waals surface area contributed by atoms with Crippen molar-refractivity contribution in [3.63, 3.8) is 0 Å². The van der Waals surface area contributed by atoms with E-state index in [0.29, 0.717) is 10.6 Å². The number of halogens is 2. The summed E-state index contributed by atoms with van der Waals surface area (Å²) in [4.78, 5) is 27.9. The first kappa shape index (κ1) is 28.7. The van der Waals surface area contributed by atoms with Crippen LogP contribution in [0.1, 0.15) is 33.3 Å². The van der Waals surface area contributed by atoms with Crippen molar-refractivity contribution in [3.8, 4) is 5.75 Å². The Morgan fingerprint density at radius 1 is 1.09 bits per heavy atom. The number of hydrogen-bond acceptors (Lipinski definition) is 5. The molecule has 1 atom stereocenters. The topological polar surface area (TPSA) is 96.0 Å². The molecule has 0 aliphatic carbocycles. The molecule has 11 heteroatoms. The highest BCUT2D eigenvalue weighted by atomic mass is 35.5. The lowest BCUT2D eigenvalue weighted by atomic mass is 10.1. The van der Waals surface area contributed by atoms with Crippen molar-refractivity contribution in [2.45, 2.75) is 45.8 Å². The molecule has 0 aromatic heterocycles. The molecule has 0 fully saturated rings. The van der Waals surface area contributed by atoms with Crippen LogP contribution < -0.4 is 14.4 Å². The summed E-state index contributed by atoms with van der Waals surface area (Å²) >= 11 is 12.2. The quantitative estimate of drug-likeness (QED) is 0.513. The van der Waals surface area contributed by atoms with E-state index in [1.807, 2.05) is 20.8 Å². The number of methoxy groups -OCH3 is 1. The fourth-order valence-corrected chi connectivity index (χ4v) is 4.57. The van der Waals surface area contributed by atoms with E-state index < -0.39 is 34.1 Å². The van der Waals surface area contributed by atoms with Gasteiger partial charge in [-0.25, -0.2) is 8.42 Å². The largest absolute Gasteiger partial charge is 0.495 e. The number of hydrogen-bond donors (Lipinski definition) is 1. The van der Waals surface area contributed by atoms with Crippen molar-refractivity contribution in [1.82, 2.24) is 10.2 Å². The lowest BCUT2D eigenvalue weighted by Crippen LogP contribution is -2.54. The maximum absolute atomic E-state index is 13.6. The highest BCUT2D eigenvalue weighted by Gasteiger charge is 2.32. The van der Waals surface area contributed by atoms with Crippen molar-refractivity contribution in [3.05, 3.63) is 58.1 Å². The molecule has 2 aromatic carbocycles. The molecule has 35 heavy (non-hydrogen) atoms. The SMILES string of the molecule is COc1ccc(Cl)cc1N(CC(=O)N(Cc1cccc(Cl)c1)[C@H](C)C(=O)NC(C)(C)C)S(C)(=O)=O. The van der Waals surface area contributed by atoms with Crippen molar-refractivity contribution >= 4 is 50.7 Å². The molecule has 0 unspecified atom stereocenters. The second kappa shape index (κ2) is 11.5. The molecule has 2 aromatic rings. The molecule has 192 valence electrons. The highest BCUT2D eigenvalue weighted by Crippen LogP contribution is 2.33. The van der Waals surface area contributed by atoms with Gasteiger partial charge in [-0.1, -0.05) is 35.3 Å². The van der Waals surface area contributed by atoms with E-state index in [4.69, 9.17) is 27.9 Å². The minimum atomic E-state index is -3.92. The molecule has 0 saturated carbocycles. The van der Waals surface area contributed by atoms with Crippen LogP contribution in [0, 0.1) is 0 Å².